The van der Waals surface area contributed by atoms with E-state index in [-0.39, 0.29) is 5.91 Å². The zero-order valence-electron chi connectivity index (χ0n) is 14.9. The highest BCUT2D eigenvalue weighted by Gasteiger charge is 2.47. The van der Waals surface area contributed by atoms with Gasteiger partial charge < -0.3 is 9.87 Å². The maximum Gasteiger partial charge on any atom is 0.253 e. The molecule has 1 amide bonds. The molecule has 0 radical (unpaired) electrons. The maximum atomic E-state index is 12.4. The Hall–Kier alpha value is -0.850. The minimum atomic E-state index is -1.14. The summed E-state index contributed by atoms with van der Waals surface area (Å²) in [5, 5.41) is 4.43. The Morgan fingerprint density at radius 3 is 2.50 bits per heavy atom. The van der Waals surface area contributed by atoms with Crippen LogP contribution in [-0.4, -0.2) is 39.2 Å². The fraction of sp³-hybridized carbons (Fsp3) is 0.778. The van der Waals surface area contributed by atoms with Crippen molar-refractivity contribution in [3.8, 4) is 0 Å². The van der Waals surface area contributed by atoms with Gasteiger partial charge in [0.15, 0.2) is 0 Å². The molecule has 2 rings (SSSR count). The number of nitrogens with zero attached hydrogens (tertiary/aromatic N) is 2. The second-order valence-corrected chi connectivity index (χ2v) is 8.19. The van der Waals surface area contributed by atoms with Crippen molar-refractivity contribution in [1.29, 1.82) is 0 Å². The molecule has 0 aliphatic carbocycles. The zero-order chi connectivity index (χ0) is 17.4. The van der Waals surface area contributed by atoms with Crippen molar-refractivity contribution in [1.82, 2.24) is 9.62 Å². The van der Waals surface area contributed by atoms with E-state index in [1.54, 1.807) is 0 Å². The van der Waals surface area contributed by atoms with E-state index in [4.69, 9.17) is 4.99 Å². The van der Waals surface area contributed by atoms with Crippen LogP contribution in [0.15, 0.2) is 17.0 Å². The van der Waals surface area contributed by atoms with Gasteiger partial charge in [-0.3, -0.25) is 9.79 Å². The maximum absolute atomic E-state index is 12.4. The number of nitrogens with one attached hydrogen (secondary N) is 1. The van der Waals surface area contributed by atoms with Gasteiger partial charge in [-0.25, -0.2) is 0 Å². The molecule has 24 heavy (non-hydrogen) atoms. The first-order valence-electron chi connectivity index (χ1n) is 9.29. The summed E-state index contributed by atoms with van der Waals surface area (Å²) >= 11 is -1.14. The summed E-state index contributed by atoms with van der Waals surface area (Å²) in [6.07, 6.45) is 11.0. The molecule has 1 spiro atoms. The van der Waals surface area contributed by atoms with Gasteiger partial charge in [0.1, 0.15) is 16.8 Å². The van der Waals surface area contributed by atoms with Gasteiger partial charge in [0.25, 0.3) is 5.91 Å². The summed E-state index contributed by atoms with van der Waals surface area (Å²) in [6, 6.07) is 0. The van der Waals surface area contributed by atoms with E-state index < -0.39 is 16.9 Å². The first-order valence-corrected chi connectivity index (χ1v) is 10.5. The van der Waals surface area contributed by atoms with Crippen molar-refractivity contribution in [2.75, 3.05) is 13.1 Å². The van der Waals surface area contributed by atoms with Crippen LogP contribution in [-0.2, 0) is 16.2 Å². The van der Waals surface area contributed by atoms with Crippen molar-refractivity contribution in [3.63, 3.8) is 0 Å². The minimum Gasteiger partial charge on any atom is -0.593 e. The monoisotopic (exact) mass is 353 g/mol. The number of amides is 1. The lowest BCUT2D eigenvalue weighted by atomic mass is 9.89. The van der Waals surface area contributed by atoms with Crippen LogP contribution in [0.4, 0.5) is 0 Å². The molecular weight excluding hydrogens is 322 g/mol. The van der Waals surface area contributed by atoms with Gasteiger partial charge in [-0.2, -0.15) is 0 Å². The number of carbonyl (C=O) groups excluding carboxylic acids is 1. The molecule has 0 bridgehead atoms. The topological polar surface area (TPSA) is 67.8 Å². The molecule has 0 aromatic rings. The van der Waals surface area contributed by atoms with E-state index >= 15 is 0 Å². The number of amidine groups is 1. The third kappa shape index (κ3) is 5.07. The van der Waals surface area contributed by atoms with E-state index in [0.29, 0.717) is 25.9 Å². The number of rotatable bonds is 10. The van der Waals surface area contributed by atoms with E-state index in [2.05, 4.69) is 18.8 Å². The Balaban J connectivity index is 1.74. The molecule has 0 saturated carbocycles. The van der Waals surface area contributed by atoms with Crippen LogP contribution >= 0.6 is 0 Å². The van der Waals surface area contributed by atoms with E-state index in [0.717, 1.165) is 18.7 Å². The van der Waals surface area contributed by atoms with Crippen molar-refractivity contribution in [3.05, 3.63) is 12.0 Å². The zero-order valence-corrected chi connectivity index (χ0v) is 15.7. The lowest BCUT2D eigenvalue weighted by molar-refractivity contribution is -0.124. The summed E-state index contributed by atoms with van der Waals surface area (Å²) in [5.74, 6) is 0.885. The van der Waals surface area contributed by atoms with Crippen LogP contribution in [0.3, 0.4) is 0 Å². The third-order valence-corrected chi connectivity index (χ3v) is 6.15. The van der Waals surface area contributed by atoms with E-state index in [1.165, 1.54) is 43.9 Å². The Morgan fingerprint density at radius 1 is 1.25 bits per heavy atom. The Kier molecular flexibility index (Phi) is 7.78. The van der Waals surface area contributed by atoms with E-state index in [9.17, 15) is 9.35 Å². The Labute approximate surface area is 149 Å². The van der Waals surface area contributed by atoms with E-state index in [1.807, 2.05) is 4.31 Å². The SMILES string of the molecule is C=C[S+]([O-])N1CCC2(CC1)N=C(CCCCCCCCC)NC2=O. The fourth-order valence-corrected chi connectivity index (χ4v) is 4.19. The molecule has 1 N–H and O–H groups in total. The molecule has 2 aliphatic rings. The molecule has 6 heteroatoms. The number of carbonyl (C=O) groups is 1. The van der Waals surface area contributed by atoms with Crippen LogP contribution in [0.5, 0.6) is 0 Å². The molecule has 1 unspecified atom stereocenters. The summed E-state index contributed by atoms with van der Waals surface area (Å²) in [6.45, 7) is 7.05. The van der Waals surface area contributed by atoms with Crippen LogP contribution < -0.4 is 5.32 Å². The van der Waals surface area contributed by atoms with Gasteiger partial charge >= 0.3 is 0 Å². The average molecular weight is 354 g/mol. The Bertz CT molecular complexity index is 459. The van der Waals surface area contributed by atoms with Crippen LogP contribution in [0.2, 0.25) is 0 Å². The second kappa shape index (κ2) is 9.59. The number of aliphatic imine (C=N–C) groups is 1. The van der Waals surface area contributed by atoms with Gasteiger partial charge in [0.2, 0.25) is 0 Å². The summed E-state index contributed by atoms with van der Waals surface area (Å²) in [7, 11) is 0. The molecule has 5 nitrogen and oxygen atoms in total. The van der Waals surface area contributed by atoms with Crippen LogP contribution in [0, 0.1) is 0 Å². The first kappa shape index (κ1) is 19.5. The predicted molar refractivity (Wildman–Crippen MR) is 100 cm³/mol. The number of hydrogen-bond donors (Lipinski definition) is 1. The van der Waals surface area contributed by atoms with Gasteiger partial charge in [0, 0.05) is 19.5 Å². The first-order chi connectivity index (χ1) is 11.6. The molecular formula is C18H31N3O2S. The van der Waals surface area contributed by atoms with Crippen LogP contribution in [0.25, 0.3) is 0 Å². The molecule has 0 aromatic heterocycles. The second-order valence-electron chi connectivity index (χ2n) is 6.79. The minimum absolute atomic E-state index is 0.0319. The summed E-state index contributed by atoms with van der Waals surface area (Å²) < 4.78 is 13.6. The van der Waals surface area contributed by atoms with Crippen molar-refractivity contribution in [2.24, 2.45) is 4.99 Å². The van der Waals surface area contributed by atoms with Gasteiger partial charge in [-0.05, 0) is 25.8 Å². The van der Waals surface area contributed by atoms with Crippen molar-refractivity contribution < 1.29 is 9.35 Å². The van der Waals surface area contributed by atoms with Crippen molar-refractivity contribution >= 4 is 23.1 Å². The lowest BCUT2D eigenvalue weighted by Crippen LogP contribution is -2.50. The quantitative estimate of drug-likeness (QED) is 0.484. The number of unbranched alkanes of at least 4 members (excludes halogenated alkanes) is 6. The molecule has 2 aliphatic heterocycles. The smallest absolute Gasteiger partial charge is 0.253 e. The molecule has 0 aromatic carbocycles. The van der Waals surface area contributed by atoms with Crippen molar-refractivity contribution in [2.45, 2.75) is 76.7 Å². The van der Waals surface area contributed by atoms with Gasteiger partial charge in [-0.1, -0.05) is 45.4 Å². The average Bonchev–Trinajstić information content (AvgIpc) is 2.89. The predicted octanol–water partition coefficient (Wildman–Crippen LogP) is 3.30. The molecule has 1 atom stereocenters. The van der Waals surface area contributed by atoms with Gasteiger partial charge in [0.05, 0.1) is 11.4 Å². The third-order valence-electron chi connectivity index (χ3n) is 4.99. The highest BCUT2D eigenvalue weighted by molar-refractivity contribution is 7.92. The lowest BCUT2D eigenvalue weighted by Gasteiger charge is -2.33. The molecule has 2 heterocycles. The Morgan fingerprint density at radius 2 is 1.88 bits per heavy atom. The summed E-state index contributed by atoms with van der Waals surface area (Å²) in [5.41, 5.74) is -0.613. The standard InChI is InChI=1S/C18H31N3O2S/c1-3-5-6-7-8-9-10-11-16-19-17(22)18(20-16)12-14-21(15-13-18)24(23)4-2/h4H,2-3,5-15H2,1H3,(H,19,20,22). The van der Waals surface area contributed by atoms with Gasteiger partial charge in [-0.15, -0.1) is 4.31 Å². The van der Waals surface area contributed by atoms with Crippen LogP contribution in [0.1, 0.15) is 71.1 Å². The number of piperidine rings is 1. The molecule has 136 valence electrons. The number of hydrogen-bond acceptors (Lipinski definition) is 4. The molecule has 1 fully saturated rings. The largest absolute Gasteiger partial charge is 0.593 e. The highest BCUT2D eigenvalue weighted by atomic mass is 32.2. The fourth-order valence-electron chi connectivity index (χ4n) is 3.43. The molecule has 1 saturated heterocycles. The highest BCUT2D eigenvalue weighted by Crippen LogP contribution is 2.31. The normalized spacial score (nSPS) is 21.6. The summed E-state index contributed by atoms with van der Waals surface area (Å²) in [4.78, 5) is 17.1.